The second kappa shape index (κ2) is 6.49. The smallest absolute Gasteiger partial charge is 0.0178 e. The quantitative estimate of drug-likeness (QED) is 0.893. The van der Waals surface area contributed by atoms with Crippen LogP contribution in [0.25, 0.3) is 0 Å². The van der Waals surface area contributed by atoms with Crippen molar-refractivity contribution in [1.29, 1.82) is 0 Å². The van der Waals surface area contributed by atoms with E-state index < -0.39 is 0 Å². The van der Waals surface area contributed by atoms with Crippen molar-refractivity contribution in [3.8, 4) is 0 Å². The van der Waals surface area contributed by atoms with Crippen LogP contribution in [0.15, 0.2) is 28.7 Å². The first kappa shape index (κ1) is 12.1. The molecule has 78 valence electrons. The van der Waals surface area contributed by atoms with E-state index >= 15 is 0 Å². The standard InChI is InChI=1S/C11H16BrNS/c1-2-14-8-11(13)7-9-4-3-5-10(12)6-9/h3-6,11H,2,7-8,13H2,1H3. The fraction of sp³-hybridized carbons (Fsp3) is 0.455. The second-order valence-corrected chi connectivity index (χ2v) is 5.49. The van der Waals surface area contributed by atoms with Crippen molar-refractivity contribution in [2.24, 2.45) is 5.73 Å². The third-order valence-electron chi connectivity index (χ3n) is 1.92. The van der Waals surface area contributed by atoms with Crippen molar-refractivity contribution in [1.82, 2.24) is 0 Å². The summed E-state index contributed by atoms with van der Waals surface area (Å²) in [5.74, 6) is 2.19. The number of halogens is 1. The van der Waals surface area contributed by atoms with Crippen molar-refractivity contribution < 1.29 is 0 Å². The maximum atomic E-state index is 6.01. The monoisotopic (exact) mass is 273 g/mol. The summed E-state index contributed by atoms with van der Waals surface area (Å²) in [6, 6.07) is 8.63. The number of hydrogen-bond acceptors (Lipinski definition) is 2. The van der Waals surface area contributed by atoms with Gasteiger partial charge in [-0.1, -0.05) is 35.0 Å². The highest BCUT2D eigenvalue weighted by Gasteiger charge is 2.03. The van der Waals surface area contributed by atoms with Gasteiger partial charge in [0.15, 0.2) is 0 Å². The van der Waals surface area contributed by atoms with Gasteiger partial charge in [0.25, 0.3) is 0 Å². The van der Waals surface area contributed by atoms with Gasteiger partial charge in [-0.2, -0.15) is 11.8 Å². The zero-order chi connectivity index (χ0) is 10.4. The summed E-state index contributed by atoms with van der Waals surface area (Å²) >= 11 is 5.36. The van der Waals surface area contributed by atoms with Gasteiger partial charge in [0.05, 0.1) is 0 Å². The number of nitrogens with two attached hydrogens (primary N) is 1. The van der Waals surface area contributed by atoms with Gasteiger partial charge in [-0.25, -0.2) is 0 Å². The molecule has 0 fully saturated rings. The van der Waals surface area contributed by atoms with Crippen LogP contribution in [0.5, 0.6) is 0 Å². The highest BCUT2D eigenvalue weighted by Crippen LogP contribution is 2.13. The molecular weight excluding hydrogens is 258 g/mol. The molecule has 1 aromatic carbocycles. The number of thioether (sulfide) groups is 1. The SMILES string of the molecule is CCSCC(N)Cc1cccc(Br)c1. The van der Waals surface area contributed by atoms with Crippen LogP contribution >= 0.6 is 27.7 Å². The maximum absolute atomic E-state index is 6.01. The fourth-order valence-electron chi connectivity index (χ4n) is 1.29. The van der Waals surface area contributed by atoms with Crippen molar-refractivity contribution in [2.45, 2.75) is 19.4 Å². The van der Waals surface area contributed by atoms with Crippen molar-refractivity contribution >= 4 is 27.7 Å². The third-order valence-corrected chi connectivity index (χ3v) is 3.49. The Hall–Kier alpha value is 0.01000. The summed E-state index contributed by atoms with van der Waals surface area (Å²) in [6.45, 7) is 2.16. The molecule has 0 saturated carbocycles. The van der Waals surface area contributed by atoms with Gasteiger partial charge < -0.3 is 5.73 Å². The topological polar surface area (TPSA) is 26.0 Å². The zero-order valence-electron chi connectivity index (χ0n) is 8.37. The number of hydrogen-bond donors (Lipinski definition) is 1. The van der Waals surface area contributed by atoms with Crippen LogP contribution in [0.4, 0.5) is 0 Å². The van der Waals surface area contributed by atoms with Crippen LogP contribution < -0.4 is 5.73 Å². The first-order valence-electron chi connectivity index (χ1n) is 4.80. The molecule has 0 amide bonds. The molecular formula is C11H16BrNS. The number of benzene rings is 1. The van der Waals surface area contributed by atoms with Crippen molar-refractivity contribution in [3.63, 3.8) is 0 Å². The molecule has 0 heterocycles. The Morgan fingerprint density at radius 3 is 2.93 bits per heavy atom. The molecule has 1 atom stereocenters. The Labute approximate surface area is 98.6 Å². The van der Waals surface area contributed by atoms with Gasteiger partial charge in [-0.3, -0.25) is 0 Å². The van der Waals surface area contributed by atoms with Crippen LogP contribution in [0, 0.1) is 0 Å². The van der Waals surface area contributed by atoms with Crippen LogP contribution in [0.2, 0.25) is 0 Å². The molecule has 14 heavy (non-hydrogen) atoms. The molecule has 0 saturated heterocycles. The van der Waals surface area contributed by atoms with E-state index in [-0.39, 0.29) is 6.04 Å². The maximum Gasteiger partial charge on any atom is 0.0178 e. The lowest BCUT2D eigenvalue weighted by atomic mass is 10.1. The van der Waals surface area contributed by atoms with E-state index in [1.807, 2.05) is 17.8 Å². The van der Waals surface area contributed by atoms with E-state index in [1.54, 1.807) is 0 Å². The summed E-state index contributed by atoms with van der Waals surface area (Å²) < 4.78 is 1.13. The van der Waals surface area contributed by atoms with Crippen molar-refractivity contribution in [2.75, 3.05) is 11.5 Å². The van der Waals surface area contributed by atoms with Gasteiger partial charge in [0, 0.05) is 16.3 Å². The van der Waals surface area contributed by atoms with Crippen LogP contribution in [0.3, 0.4) is 0 Å². The molecule has 1 aromatic rings. The molecule has 0 aliphatic heterocycles. The molecule has 1 unspecified atom stereocenters. The van der Waals surface area contributed by atoms with E-state index in [0.717, 1.165) is 22.4 Å². The molecule has 0 aromatic heterocycles. The van der Waals surface area contributed by atoms with Gasteiger partial charge in [-0.15, -0.1) is 0 Å². The Bertz CT molecular complexity index is 278. The van der Waals surface area contributed by atoms with E-state index in [9.17, 15) is 0 Å². The van der Waals surface area contributed by atoms with Crippen LogP contribution in [-0.2, 0) is 6.42 Å². The highest BCUT2D eigenvalue weighted by molar-refractivity contribution is 9.10. The van der Waals surface area contributed by atoms with E-state index in [2.05, 4.69) is 41.1 Å². The molecule has 2 N–H and O–H groups in total. The summed E-state index contributed by atoms with van der Waals surface area (Å²) in [5.41, 5.74) is 7.31. The van der Waals surface area contributed by atoms with Gasteiger partial charge in [-0.05, 0) is 29.9 Å². The summed E-state index contributed by atoms with van der Waals surface area (Å²) in [4.78, 5) is 0. The molecule has 1 rings (SSSR count). The Kier molecular flexibility index (Phi) is 5.60. The Morgan fingerprint density at radius 2 is 2.29 bits per heavy atom. The molecule has 0 aliphatic rings. The summed E-state index contributed by atoms with van der Waals surface area (Å²) in [6.07, 6.45) is 0.965. The van der Waals surface area contributed by atoms with E-state index in [1.165, 1.54) is 5.56 Å². The average molecular weight is 274 g/mol. The predicted molar refractivity (Wildman–Crippen MR) is 68.8 cm³/mol. The average Bonchev–Trinajstić information content (AvgIpc) is 2.15. The lowest BCUT2D eigenvalue weighted by Crippen LogP contribution is -2.25. The highest BCUT2D eigenvalue weighted by atomic mass is 79.9. The Morgan fingerprint density at radius 1 is 1.50 bits per heavy atom. The Balaban J connectivity index is 2.43. The van der Waals surface area contributed by atoms with Crippen LogP contribution in [-0.4, -0.2) is 17.5 Å². The van der Waals surface area contributed by atoms with E-state index in [0.29, 0.717) is 0 Å². The van der Waals surface area contributed by atoms with Gasteiger partial charge >= 0.3 is 0 Å². The normalized spacial score (nSPS) is 12.8. The minimum absolute atomic E-state index is 0.272. The van der Waals surface area contributed by atoms with Crippen molar-refractivity contribution in [3.05, 3.63) is 34.3 Å². The number of rotatable bonds is 5. The minimum atomic E-state index is 0.272. The summed E-state index contributed by atoms with van der Waals surface area (Å²) in [5, 5.41) is 0. The molecule has 0 aliphatic carbocycles. The second-order valence-electron chi connectivity index (χ2n) is 3.25. The van der Waals surface area contributed by atoms with Gasteiger partial charge in [0.1, 0.15) is 0 Å². The first-order chi connectivity index (χ1) is 6.72. The fourth-order valence-corrected chi connectivity index (χ4v) is 2.40. The minimum Gasteiger partial charge on any atom is -0.327 e. The molecule has 0 radical (unpaired) electrons. The van der Waals surface area contributed by atoms with E-state index in [4.69, 9.17) is 5.73 Å². The molecule has 3 heteroatoms. The predicted octanol–water partition coefficient (Wildman–Crippen LogP) is 3.07. The molecule has 0 bridgehead atoms. The zero-order valence-corrected chi connectivity index (χ0v) is 10.8. The molecule has 1 nitrogen and oxygen atoms in total. The summed E-state index contributed by atoms with van der Waals surface area (Å²) in [7, 11) is 0. The third kappa shape index (κ3) is 4.49. The lowest BCUT2D eigenvalue weighted by Gasteiger charge is -2.10. The molecule has 0 spiro atoms. The largest absolute Gasteiger partial charge is 0.327 e. The van der Waals surface area contributed by atoms with Crippen LogP contribution in [0.1, 0.15) is 12.5 Å². The first-order valence-corrected chi connectivity index (χ1v) is 6.75. The van der Waals surface area contributed by atoms with Gasteiger partial charge in [0.2, 0.25) is 0 Å². The lowest BCUT2D eigenvalue weighted by molar-refractivity contribution is 0.748.